The van der Waals surface area contributed by atoms with Crippen molar-refractivity contribution in [1.29, 1.82) is 0 Å². The second kappa shape index (κ2) is 4.18. The molecule has 5 N–H and O–H groups in total. The fourth-order valence-corrected chi connectivity index (χ4v) is 2.15. The van der Waals surface area contributed by atoms with Crippen LogP contribution in [0.1, 0.15) is 0 Å². The molecule has 0 radical (unpaired) electrons. The number of hydrogen-bond donors (Lipinski definition) is 3. The highest BCUT2D eigenvalue weighted by Crippen LogP contribution is 2.13. The Morgan fingerprint density at radius 3 is 2.33 bits per heavy atom. The van der Waals surface area contributed by atoms with Crippen molar-refractivity contribution in [2.45, 2.75) is 4.90 Å². The molecule has 0 saturated carbocycles. The first-order chi connectivity index (χ1) is 6.95. The molecule has 0 saturated heterocycles. The SMILES string of the molecule is NC(CS(=O)(=O)c1ccc(N)cc1)=NO. The van der Waals surface area contributed by atoms with Gasteiger partial charge in [-0.25, -0.2) is 8.42 Å². The van der Waals surface area contributed by atoms with E-state index < -0.39 is 15.6 Å². The van der Waals surface area contributed by atoms with Crippen LogP contribution in [-0.2, 0) is 9.84 Å². The smallest absolute Gasteiger partial charge is 0.185 e. The quantitative estimate of drug-likeness (QED) is 0.218. The van der Waals surface area contributed by atoms with Gasteiger partial charge in [0.05, 0.1) is 4.90 Å². The van der Waals surface area contributed by atoms with Crippen molar-refractivity contribution in [1.82, 2.24) is 0 Å². The predicted molar refractivity (Wildman–Crippen MR) is 56.3 cm³/mol. The van der Waals surface area contributed by atoms with E-state index in [1.165, 1.54) is 24.3 Å². The molecule has 1 aromatic carbocycles. The molecular formula is C8H11N3O3S. The van der Waals surface area contributed by atoms with E-state index in [0.717, 1.165) is 0 Å². The fourth-order valence-electron chi connectivity index (χ4n) is 0.982. The largest absolute Gasteiger partial charge is 0.409 e. The van der Waals surface area contributed by atoms with E-state index in [0.29, 0.717) is 5.69 Å². The first-order valence-corrected chi connectivity index (χ1v) is 5.65. The summed E-state index contributed by atoms with van der Waals surface area (Å²) in [6.07, 6.45) is 0. The molecule has 0 aliphatic rings. The number of oxime groups is 1. The maximum Gasteiger partial charge on any atom is 0.185 e. The van der Waals surface area contributed by atoms with Crippen molar-refractivity contribution in [3.05, 3.63) is 24.3 Å². The molecule has 7 heteroatoms. The number of rotatable bonds is 3. The average molecular weight is 229 g/mol. The highest BCUT2D eigenvalue weighted by atomic mass is 32.2. The lowest BCUT2D eigenvalue weighted by molar-refractivity contribution is 0.318. The number of nitrogens with zero attached hydrogens (tertiary/aromatic N) is 1. The molecule has 1 aromatic rings. The summed E-state index contributed by atoms with van der Waals surface area (Å²) in [6.45, 7) is 0. The number of anilines is 1. The standard InChI is InChI=1S/C8H11N3O3S/c9-6-1-3-7(4-2-6)15(13,14)5-8(10)11-12/h1-4,12H,5,9H2,(H2,10,11). The van der Waals surface area contributed by atoms with E-state index >= 15 is 0 Å². The van der Waals surface area contributed by atoms with Crippen LogP contribution in [0.15, 0.2) is 34.3 Å². The lowest BCUT2D eigenvalue weighted by Gasteiger charge is -2.03. The molecule has 0 unspecified atom stereocenters. The highest BCUT2D eigenvalue weighted by Gasteiger charge is 2.16. The summed E-state index contributed by atoms with van der Waals surface area (Å²) in [4.78, 5) is 0.0864. The van der Waals surface area contributed by atoms with Gasteiger partial charge in [-0.2, -0.15) is 0 Å². The summed E-state index contributed by atoms with van der Waals surface area (Å²) in [5.74, 6) is -0.875. The molecule has 1 rings (SSSR count). The molecule has 6 nitrogen and oxygen atoms in total. The summed E-state index contributed by atoms with van der Waals surface area (Å²) >= 11 is 0. The Balaban J connectivity index is 3.02. The molecular weight excluding hydrogens is 218 g/mol. The molecule has 0 atom stereocenters. The Labute approximate surface area is 87.1 Å². The van der Waals surface area contributed by atoms with Crippen LogP contribution in [0.5, 0.6) is 0 Å². The molecule has 0 aliphatic heterocycles. The predicted octanol–water partition coefficient (Wildman–Crippen LogP) is -0.211. The first-order valence-electron chi connectivity index (χ1n) is 4.00. The fraction of sp³-hybridized carbons (Fsp3) is 0.125. The van der Waals surface area contributed by atoms with Crippen molar-refractivity contribution in [2.75, 3.05) is 11.5 Å². The van der Waals surface area contributed by atoms with Gasteiger partial charge in [0, 0.05) is 5.69 Å². The summed E-state index contributed by atoms with van der Waals surface area (Å²) in [6, 6.07) is 5.68. The second-order valence-electron chi connectivity index (χ2n) is 2.92. The average Bonchev–Trinajstić information content (AvgIpc) is 2.17. The van der Waals surface area contributed by atoms with Crippen LogP contribution < -0.4 is 11.5 Å². The van der Waals surface area contributed by atoms with Gasteiger partial charge < -0.3 is 16.7 Å². The molecule has 82 valence electrons. The molecule has 0 heterocycles. The van der Waals surface area contributed by atoms with Crippen LogP contribution in [0.4, 0.5) is 5.69 Å². The Hall–Kier alpha value is -1.76. The molecule has 0 aromatic heterocycles. The minimum atomic E-state index is -3.56. The second-order valence-corrected chi connectivity index (χ2v) is 4.91. The van der Waals surface area contributed by atoms with Gasteiger partial charge in [-0.15, -0.1) is 0 Å². The number of hydrogen-bond acceptors (Lipinski definition) is 5. The topological polar surface area (TPSA) is 119 Å². The Morgan fingerprint density at radius 1 is 1.33 bits per heavy atom. The monoisotopic (exact) mass is 229 g/mol. The Morgan fingerprint density at radius 2 is 1.87 bits per heavy atom. The van der Waals surface area contributed by atoms with Gasteiger partial charge >= 0.3 is 0 Å². The van der Waals surface area contributed by atoms with Gasteiger partial charge in [-0.3, -0.25) is 0 Å². The van der Waals surface area contributed by atoms with Gasteiger partial charge in [-0.05, 0) is 24.3 Å². The minimum Gasteiger partial charge on any atom is -0.409 e. The van der Waals surface area contributed by atoms with Crippen LogP contribution in [0.25, 0.3) is 0 Å². The summed E-state index contributed by atoms with van der Waals surface area (Å²) < 4.78 is 23.2. The maximum atomic E-state index is 11.6. The lowest BCUT2D eigenvalue weighted by atomic mass is 10.3. The van der Waals surface area contributed by atoms with Crippen molar-refractivity contribution in [3.8, 4) is 0 Å². The lowest BCUT2D eigenvalue weighted by Crippen LogP contribution is -2.23. The van der Waals surface area contributed by atoms with Crippen LogP contribution in [0.3, 0.4) is 0 Å². The van der Waals surface area contributed by atoms with Crippen molar-refractivity contribution >= 4 is 21.4 Å². The number of amidine groups is 1. The van der Waals surface area contributed by atoms with E-state index in [1.807, 2.05) is 0 Å². The third kappa shape index (κ3) is 2.84. The van der Waals surface area contributed by atoms with Gasteiger partial charge in [0.15, 0.2) is 15.7 Å². The number of nitrogen functional groups attached to an aromatic ring is 1. The molecule has 0 amide bonds. The highest BCUT2D eigenvalue weighted by molar-refractivity contribution is 7.92. The third-order valence-corrected chi connectivity index (χ3v) is 3.37. The molecule has 0 aliphatic carbocycles. The van der Waals surface area contributed by atoms with Gasteiger partial charge in [0.2, 0.25) is 0 Å². The first kappa shape index (κ1) is 11.3. The van der Waals surface area contributed by atoms with E-state index in [2.05, 4.69) is 5.16 Å². The molecule has 15 heavy (non-hydrogen) atoms. The summed E-state index contributed by atoms with van der Waals surface area (Å²) in [5.41, 5.74) is 11.0. The summed E-state index contributed by atoms with van der Waals surface area (Å²) in [5, 5.41) is 10.9. The number of sulfone groups is 1. The van der Waals surface area contributed by atoms with Crippen molar-refractivity contribution in [3.63, 3.8) is 0 Å². The molecule has 0 fully saturated rings. The molecule has 0 spiro atoms. The van der Waals surface area contributed by atoms with Crippen molar-refractivity contribution < 1.29 is 13.6 Å². The van der Waals surface area contributed by atoms with Crippen LogP contribution in [0.2, 0.25) is 0 Å². The zero-order chi connectivity index (χ0) is 11.5. The third-order valence-electron chi connectivity index (χ3n) is 1.71. The van der Waals surface area contributed by atoms with Crippen LogP contribution in [0, 0.1) is 0 Å². The number of nitrogens with two attached hydrogens (primary N) is 2. The normalized spacial score (nSPS) is 12.7. The van der Waals surface area contributed by atoms with Gasteiger partial charge in [0.25, 0.3) is 0 Å². The maximum absolute atomic E-state index is 11.6. The Bertz CT molecular complexity index is 464. The number of benzene rings is 1. The van der Waals surface area contributed by atoms with E-state index in [1.54, 1.807) is 0 Å². The van der Waals surface area contributed by atoms with Crippen LogP contribution in [-0.4, -0.2) is 25.2 Å². The summed E-state index contributed by atoms with van der Waals surface area (Å²) in [7, 11) is -3.56. The minimum absolute atomic E-state index is 0.0864. The van der Waals surface area contributed by atoms with Gasteiger partial charge in [0.1, 0.15) is 5.75 Å². The van der Waals surface area contributed by atoms with Crippen LogP contribution >= 0.6 is 0 Å². The zero-order valence-corrected chi connectivity index (χ0v) is 8.61. The Kier molecular flexibility index (Phi) is 3.15. The van der Waals surface area contributed by atoms with E-state index in [-0.39, 0.29) is 10.7 Å². The van der Waals surface area contributed by atoms with Gasteiger partial charge in [-0.1, -0.05) is 5.16 Å². The van der Waals surface area contributed by atoms with E-state index in [4.69, 9.17) is 16.7 Å². The van der Waals surface area contributed by atoms with E-state index in [9.17, 15) is 8.42 Å². The zero-order valence-electron chi connectivity index (χ0n) is 7.79. The molecule has 0 bridgehead atoms. The van der Waals surface area contributed by atoms with Crippen molar-refractivity contribution in [2.24, 2.45) is 10.9 Å².